The minimum Gasteiger partial charge on any atom is -0.454 e. The van der Waals surface area contributed by atoms with Gasteiger partial charge >= 0.3 is 0 Å². The van der Waals surface area contributed by atoms with Crippen LogP contribution >= 0.6 is 0 Å². The van der Waals surface area contributed by atoms with Crippen molar-refractivity contribution in [1.82, 2.24) is 10.2 Å². The van der Waals surface area contributed by atoms with E-state index in [4.69, 9.17) is 9.47 Å². The lowest BCUT2D eigenvalue weighted by Gasteiger charge is -2.33. The lowest BCUT2D eigenvalue weighted by Crippen LogP contribution is -2.39. The molecule has 1 aromatic rings. The monoisotopic (exact) mass is 330 g/mol. The first-order valence-corrected chi connectivity index (χ1v) is 8.82. The van der Waals surface area contributed by atoms with E-state index in [1.54, 1.807) is 12.2 Å². The van der Waals surface area contributed by atoms with E-state index in [0.717, 1.165) is 30.0 Å². The summed E-state index contributed by atoms with van der Waals surface area (Å²) >= 11 is 0. The zero-order valence-electron chi connectivity index (χ0n) is 14.3. The van der Waals surface area contributed by atoms with Crippen molar-refractivity contribution in [2.45, 2.75) is 38.6 Å². The molecular weight excluding hydrogens is 304 g/mol. The molecule has 2 aliphatic heterocycles. The van der Waals surface area contributed by atoms with E-state index in [9.17, 15) is 4.79 Å². The Morgan fingerprint density at radius 1 is 1.33 bits per heavy atom. The predicted octanol–water partition coefficient (Wildman–Crippen LogP) is 2.81. The summed E-state index contributed by atoms with van der Waals surface area (Å²) < 4.78 is 10.6. The maximum Gasteiger partial charge on any atom is 0.243 e. The minimum absolute atomic E-state index is 0.0561. The highest BCUT2D eigenvalue weighted by molar-refractivity contribution is 5.91. The van der Waals surface area contributed by atoms with Crippen molar-refractivity contribution < 1.29 is 14.3 Å². The van der Waals surface area contributed by atoms with E-state index in [1.165, 1.54) is 25.8 Å². The Morgan fingerprint density at radius 3 is 3.08 bits per heavy atom. The van der Waals surface area contributed by atoms with Gasteiger partial charge in [-0.3, -0.25) is 4.79 Å². The minimum atomic E-state index is -0.0561. The van der Waals surface area contributed by atoms with Crippen LogP contribution < -0.4 is 14.8 Å². The second kappa shape index (κ2) is 8.20. The largest absolute Gasteiger partial charge is 0.454 e. The Hall–Kier alpha value is -2.01. The van der Waals surface area contributed by atoms with Gasteiger partial charge in [-0.25, -0.2) is 0 Å². The number of fused-ring (bicyclic) bond motifs is 1. The Balaban J connectivity index is 1.38. The number of benzene rings is 1. The molecule has 24 heavy (non-hydrogen) atoms. The average Bonchev–Trinajstić information content (AvgIpc) is 3.06. The number of nitrogens with zero attached hydrogens (tertiary/aromatic N) is 1. The van der Waals surface area contributed by atoms with Crippen LogP contribution in [0.25, 0.3) is 6.08 Å². The van der Waals surface area contributed by atoms with Crippen molar-refractivity contribution in [3.63, 3.8) is 0 Å². The summed E-state index contributed by atoms with van der Waals surface area (Å²) in [4.78, 5) is 14.4. The molecule has 2 heterocycles. The van der Waals surface area contributed by atoms with Gasteiger partial charge in [0.15, 0.2) is 11.5 Å². The highest BCUT2D eigenvalue weighted by Crippen LogP contribution is 2.32. The summed E-state index contributed by atoms with van der Waals surface area (Å²) in [5, 5.41) is 2.95. The molecule has 0 radical (unpaired) electrons. The van der Waals surface area contributed by atoms with E-state index in [2.05, 4.69) is 17.1 Å². The van der Waals surface area contributed by atoms with Crippen LogP contribution in [0.15, 0.2) is 24.3 Å². The molecule has 5 nitrogen and oxygen atoms in total. The molecule has 3 rings (SSSR count). The van der Waals surface area contributed by atoms with Gasteiger partial charge < -0.3 is 19.7 Å². The normalized spacial score (nSPS) is 20.5. The average molecular weight is 330 g/mol. The molecule has 1 amide bonds. The molecule has 1 atom stereocenters. The fourth-order valence-corrected chi connectivity index (χ4v) is 3.23. The third kappa shape index (κ3) is 4.51. The fourth-order valence-electron chi connectivity index (χ4n) is 3.23. The van der Waals surface area contributed by atoms with Crippen LogP contribution in [-0.4, -0.2) is 43.3 Å². The molecule has 1 aromatic carbocycles. The number of rotatable bonds is 6. The molecule has 0 spiro atoms. The van der Waals surface area contributed by atoms with Crippen LogP contribution in [-0.2, 0) is 4.79 Å². The quantitative estimate of drug-likeness (QED) is 0.644. The highest BCUT2D eigenvalue weighted by Gasteiger charge is 2.17. The number of nitrogens with one attached hydrogen (secondary N) is 1. The molecule has 130 valence electrons. The third-order valence-electron chi connectivity index (χ3n) is 4.69. The van der Waals surface area contributed by atoms with E-state index >= 15 is 0 Å². The Bertz CT molecular complexity index is 600. The smallest absolute Gasteiger partial charge is 0.243 e. The van der Waals surface area contributed by atoms with E-state index in [1.807, 2.05) is 18.2 Å². The number of piperidine rings is 1. The molecule has 0 unspecified atom stereocenters. The van der Waals surface area contributed by atoms with Gasteiger partial charge in [0.05, 0.1) is 0 Å². The number of carbonyl (C=O) groups excluding carboxylic acids is 1. The third-order valence-corrected chi connectivity index (χ3v) is 4.69. The lowest BCUT2D eigenvalue weighted by atomic mass is 10.0. The number of carbonyl (C=O) groups is 1. The van der Waals surface area contributed by atoms with Crippen molar-refractivity contribution in [2.24, 2.45) is 0 Å². The first kappa shape index (κ1) is 16.8. The second-order valence-corrected chi connectivity index (χ2v) is 6.47. The molecule has 0 saturated carbocycles. The molecular formula is C19H26N2O3. The first-order valence-electron chi connectivity index (χ1n) is 8.82. The van der Waals surface area contributed by atoms with Crippen LogP contribution in [0.4, 0.5) is 0 Å². The Kier molecular flexibility index (Phi) is 5.75. The van der Waals surface area contributed by atoms with Crippen LogP contribution in [0.5, 0.6) is 11.5 Å². The van der Waals surface area contributed by atoms with Crippen LogP contribution in [0, 0.1) is 0 Å². The molecule has 2 aliphatic rings. The van der Waals surface area contributed by atoms with Crippen molar-refractivity contribution >= 4 is 12.0 Å². The van der Waals surface area contributed by atoms with E-state index in [0.29, 0.717) is 12.6 Å². The Morgan fingerprint density at radius 2 is 2.21 bits per heavy atom. The van der Waals surface area contributed by atoms with Crippen LogP contribution in [0.3, 0.4) is 0 Å². The number of amides is 1. The van der Waals surface area contributed by atoms with Gasteiger partial charge in [-0.1, -0.05) is 12.5 Å². The number of ether oxygens (including phenoxy) is 2. The van der Waals surface area contributed by atoms with Crippen LogP contribution in [0.1, 0.15) is 38.2 Å². The molecule has 1 saturated heterocycles. The number of hydrogen-bond acceptors (Lipinski definition) is 4. The predicted molar refractivity (Wildman–Crippen MR) is 94.1 cm³/mol. The van der Waals surface area contributed by atoms with Crippen LogP contribution in [0.2, 0.25) is 0 Å². The maximum atomic E-state index is 11.9. The topological polar surface area (TPSA) is 50.8 Å². The summed E-state index contributed by atoms with van der Waals surface area (Å²) in [6.45, 7) is 5.53. The van der Waals surface area contributed by atoms with Gasteiger partial charge in [-0.05, 0) is 56.5 Å². The van der Waals surface area contributed by atoms with Gasteiger partial charge in [-0.15, -0.1) is 0 Å². The van der Waals surface area contributed by atoms with Gasteiger partial charge in [0.25, 0.3) is 0 Å². The van der Waals surface area contributed by atoms with Crippen molar-refractivity contribution in [3.05, 3.63) is 29.8 Å². The standard InChI is InChI=1S/C19H26N2O3/c1-15-5-2-3-11-21(15)12-4-10-20-19(22)9-7-16-6-8-17-18(13-16)24-14-23-17/h6-9,13,15H,2-5,10-12,14H2,1H3,(H,20,22)/b9-7+/t15-/m0/s1. The molecule has 0 bridgehead atoms. The first-order chi connectivity index (χ1) is 11.7. The van der Waals surface area contributed by atoms with E-state index < -0.39 is 0 Å². The Labute approximate surface area is 143 Å². The summed E-state index contributed by atoms with van der Waals surface area (Å²) in [6.07, 6.45) is 8.30. The zero-order chi connectivity index (χ0) is 16.8. The molecule has 0 aliphatic carbocycles. The van der Waals surface area contributed by atoms with Gasteiger partial charge in [0, 0.05) is 25.2 Å². The van der Waals surface area contributed by atoms with Gasteiger partial charge in [0.2, 0.25) is 12.7 Å². The maximum absolute atomic E-state index is 11.9. The number of hydrogen-bond donors (Lipinski definition) is 1. The SMILES string of the molecule is C[C@H]1CCCCN1CCCNC(=O)/C=C/c1ccc2c(c1)OCO2. The summed E-state index contributed by atoms with van der Waals surface area (Å²) in [5.74, 6) is 1.43. The fraction of sp³-hybridized carbons (Fsp3) is 0.526. The van der Waals surface area contributed by atoms with Crippen molar-refractivity contribution in [2.75, 3.05) is 26.4 Å². The van der Waals surface area contributed by atoms with Gasteiger partial charge in [0.1, 0.15) is 0 Å². The molecule has 1 N–H and O–H groups in total. The van der Waals surface area contributed by atoms with Crippen molar-refractivity contribution in [1.29, 1.82) is 0 Å². The van der Waals surface area contributed by atoms with Gasteiger partial charge in [-0.2, -0.15) is 0 Å². The lowest BCUT2D eigenvalue weighted by molar-refractivity contribution is -0.116. The summed E-state index contributed by atoms with van der Waals surface area (Å²) in [5.41, 5.74) is 0.927. The summed E-state index contributed by atoms with van der Waals surface area (Å²) in [7, 11) is 0. The zero-order valence-corrected chi connectivity index (χ0v) is 14.3. The second-order valence-electron chi connectivity index (χ2n) is 6.47. The molecule has 1 fully saturated rings. The molecule has 5 heteroatoms. The van der Waals surface area contributed by atoms with Crippen molar-refractivity contribution in [3.8, 4) is 11.5 Å². The highest BCUT2D eigenvalue weighted by atomic mass is 16.7. The molecule has 0 aromatic heterocycles. The van der Waals surface area contributed by atoms with E-state index in [-0.39, 0.29) is 12.7 Å². The number of likely N-dealkylation sites (tertiary alicyclic amines) is 1. The summed E-state index contributed by atoms with van der Waals surface area (Å²) in [6, 6.07) is 6.33.